The van der Waals surface area contributed by atoms with E-state index in [4.69, 9.17) is 19.5 Å². The molecule has 1 saturated heterocycles. The molecule has 0 saturated carbocycles. The van der Waals surface area contributed by atoms with E-state index in [0.29, 0.717) is 37.6 Å². The van der Waals surface area contributed by atoms with Crippen molar-refractivity contribution >= 4 is 11.7 Å². The van der Waals surface area contributed by atoms with Crippen LogP contribution in [0.4, 0.5) is 14.5 Å². The van der Waals surface area contributed by atoms with Crippen LogP contribution in [0.25, 0.3) is 0 Å². The molecule has 1 aliphatic rings. The molecule has 1 heterocycles. The van der Waals surface area contributed by atoms with Crippen molar-refractivity contribution in [2.45, 2.75) is 32.0 Å². The summed E-state index contributed by atoms with van der Waals surface area (Å²) in [7, 11) is 0. The van der Waals surface area contributed by atoms with Gasteiger partial charge in [0.15, 0.2) is 17.9 Å². The number of amidine groups is 1. The summed E-state index contributed by atoms with van der Waals surface area (Å²) in [5.41, 5.74) is 0.313. The van der Waals surface area contributed by atoms with Crippen LogP contribution in [0.15, 0.2) is 53.5 Å². The third kappa shape index (κ3) is 6.24. The van der Waals surface area contributed by atoms with Gasteiger partial charge in [-0.3, -0.25) is 4.90 Å². The quantitative estimate of drug-likeness (QED) is 0.286. The van der Waals surface area contributed by atoms with Crippen LogP contribution in [0, 0.1) is 23.1 Å². The Labute approximate surface area is 174 Å². The smallest absolute Gasteiger partial charge is 0.312 e. The van der Waals surface area contributed by atoms with E-state index in [1.54, 1.807) is 30.5 Å². The second-order valence-electron chi connectivity index (χ2n) is 6.68. The van der Waals surface area contributed by atoms with Crippen LogP contribution >= 0.6 is 0 Å². The van der Waals surface area contributed by atoms with Crippen LogP contribution < -0.4 is 9.64 Å². The lowest BCUT2D eigenvalue weighted by Crippen LogP contribution is -2.36. The molecule has 1 unspecified atom stereocenters. The first-order valence-electron chi connectivity index (χ1n) is 9.83. The van der Waals surface area contributed by atoms with Crippen LogP contribution in [0.5, 0.6) is 5.75 Å². The number of anilines is 1. The first kappa shape index (κ1) is 21.7. The van der Waals surface area contributed by atoms with Gasteiger partial charge in [0.05, 0.1) is 6.61 Å². The van der Waals surface area contributed by atoms with Crippen molar-refractivity contribution in [3.05, 3.63) is 60.2 Å². The number of aliphatic imine (C=N–C) groups is 1. The maximum Gasteiger partial charge on any atom is 0.312 e. The number of para-hydroxylation sites is 1. The van der Waals surface area contributed by atoms with Crippen LogP contribution in [0.2, 0.25) is 0 Å². The van der Waals surface area contributed by atoms with Crippen molar-refractivity contribution in [3.8, 4) is 11.9 Å². The molecule has 8 heteroatoms. The van der Waals surface area contributed by atoms with Crippen LogP contribution in [-0.4, -0.2) is 32.1 Å². The summed E-state index contributed by atoms with van der Waals surface area (Å²) in [4.78, 5) is 5.28. The Morgan fingerprint density at radius 3 is 2.70 bits per heavy atom. The normalized spacial score (nSPS) is 16.7. The molecule has 1 atom stereocenters. The highest BCUT2D eigenvalue weighted by Crippen LogP contribution is 2.21. The Morgan fingerprint density at radius 1 is 1.17 bits per heavy atom. The third-order valence-electron chi connectivity index (χ3n) is 4.51. The van der Waals surface area contributed by atoms with Gasteiger partial charge in [-0.15, -0.1) is 4.99 Å². The molecule has 0 N–H and O–H groups in total. The van der Waals surface area contributed by atoms with Gasteiger partial charge in [-0.1, -0.05) is 18.2 Å². The number of hydrogen-bond donors (Lipinski definition) is 0. The average Bonchev–Trinajstić information content (AvgIpc) is 2.77. The highest BCUT2D eigenvalue weighted by molar-refractivity contribution is 5.93. The number of hydrogen-bond acceptors (Lipinski definition) is 5. The summed E-state index contributed by atoms with van der Waals surface area (Å²) < 4.78 is 44.3. The van der Waals surface area contributed by atoms with Gasteiger partial charge in [-0.25, -0.2) is 8.78 Å². The molecule has 0 amide bonds. The summed E-state index contributed by atoms with van der Waals surface area (Å²) in [5.74, 6) is -1.49. The van der Waals surface area contributed by atoms with Crippen molar-refractivity contribution in [1.82, 2.24) is 0 Å². The highest BCUT2D eigenvalue weighted by atomic mass is 19.2. The zero-order valence-electron chi connectivity index (χ0n) is 16.5. The Hall–Kier alpha value is -3.02. The molecular weight excluding hydrogens is 392 g/mol. The monoisotopic (exact) mass is 415 g/mol. The number of rotatable bonds is 7. The second-order valence-corrected chi connectivity index (χ2v) is 6.68. The maximum absolute atomic E-state index is 13.9. The third-order valence-corrected chi connectivity index (χ3v) is 4.51. The molecule has 1 fully saturated rings. The fraction of sp³-hybridized carbons (Fsp3) is 0.364. The van der Waals surface area contributed by atoms with Crippen molar-refractivity contribution in [3.63, 3.8) is 0 Å². The molecule has 0 aliphatic carbocycles. The molecule has 158 valence electrons. The van der Waals surface area contributed by atoms with Gasteiger partial charge in [0.1, 0.15) is 5.75 Å². The lowest BCUT2D eigenvalue weighted by Gasteiger charge is -2.26. The minimum absolute atomic E-state index is 0.0383. The van der Waals surface area contributed by atoms with Gasteiger partial charge in [0.2, 0.25) is 6.19 Å². The maximum atomic E-state index is 13.9. The number of nitrogens with zero attached hydrogens (tertiary/aromatic N) is 3. The molecular formula is C22H23F2N3O3. The Kier molecular flexibility index (Phi) is 8.12. The van der Waals surface area contributed by atoms with Crippen LogP contribution in [0.3, 0.4) is 0 Å². The van der Waals surface area contributed by atoms with Gasteiger partial charge in [0, 0.05) is 24.9 Å². The van der Waals surface area contributed by atoms with E-state index in [0.717, 1.165) is 31.4 Å². The number of halogens is 2. The predicted octanol–water partition coefficient (Wildman–Crippen LogP) is 4.62. The average molecular weight is 415 g/mol. The minimum atomic E-state index is -1.000. The summed E-state index contributed by atoms with van der Waals surface area (Å²) in [6, 6.07) is 12.2. The molecule has 2 aromatic carbocycles. The largest absolute Gasteiger partial charge is 0.425 e. The minimum Gasteiger partial charge on any atom is -0.425 e. The SMILES string of the molecule is N#CN=C(Oc1ccccc1)N(CCCOC1CCCCO1)c1ccc(F)c(F)c1. The summed E-state index contributed by atoms with van der Waals surface area (Å²) in [6.07, 6.45) is 4.97. The van der Waals surface area contributed by atoms with Crippen molar-refractivity contribution < 1.29 is 23.0 Å². The Balaban J connectivity index is 1.74. The second kappa shape index (κ2) is 11.2. The number of nitriles is 1. The molecule has 3 rings (SSSR count). The lowest BCUT2D eigenvalue weighted by molar-refractivity contribution is -0.162. The first-order valence-corrected chi connectivity index (χ1v) is 9.83. The van der Waals surface area contributed by atoms with E-state index in [2.05, 4.69) is 4.99 Å². The van der Waals surface area contributed by atoms with E-state index < -0.39 is 11.6 Å². The van der Waals surface area contributed by atoms with Crippen molar-refractivity contribution in [2.24, 2.45) is 4.99 Å². The van der Waals surface area contributed by atoms with E-state index in [1.807, 2.05) is 6.07 Å². The Bertz CT molecular complexity index is 881. The van der Waals surface area contributed by atoms with Crippen molar-refractivity contribution in [2.75, 3.05) is 24.7 Å². The Morgan fingerprint density at radius 2 is 2.00 bits per heavy atom. The number of ether oxygens (including phenoxy) is 3. The molecule has 2 aromatic rings. The van der Waals surface area contributed by atoms with Gasteiger partial charge >= 0.3 is 6.02 Å². The zero-order chi connectivity index (χ0) is 21.2. The molecule has 1 aliphatic heterocycles. The lowest BCUT2D eigenvalue weighted by atomic mass is 10.2. The van der Waals surface area contributed by atoms with E-state index >= 15 is 0 Å². The standard InChI is InChI=1S/C22H23F2N3O3/c23-19-11-10-17(15-20(19)24)27(12-6-14-29-21-9-4-5-13-28-21)22(26-16-25)30-18-7-2-1-3-8-18/h1-3,7-8,10-11,15,21H,4-6,9,12-14H2. The molecule has 0 aromatic heterocycles. The first-order chi connectivity index (χ1) is 14.7. The topological polar surface area (TPSA) is 67.1 Å². The van der Waals surface area contributed by atoms with Crippen molar-refractivity contribution in [1.29, 1.82) is 5.26 Å². The zero-order valence-corrected chi connectivity index (χ0v) is 16.5. The van der Waals surface area contributed by atoms with E-state index in [1.165, 1.54) is 11.0 Å². The molecule has 0 spiro atoms. The van der Waals surface area contributed by atoms with Gasteiger partial charge in [0.25, 0.3) is 0 Å². The molecule has 6 nitrogen and oxygen atoms in total. The van der Waals surface area contributed by atoms with Gasteiger partial charge in [-0.05, 0) is 49.9 Å². The summed E-state index contributed by atoms with van der Waals surface area (Å²) in [6.45, 7) is 1.40. The molecule has 0 bridgehead atoms. The van der Waals surface area contributed by atoms with Crippen LogP contribution in [0.1, 0.15) is 25.7 Å². The van der Waals surface area contributed by atoms with E-state index in [-0.39, 0.29) is 12.3 Å². The summed E-state index contributed by atoms with van der Waals surface area (Å²) in [5, 5.41) is 9.13. The highest BCUT2D eigenvalue weighted by Gasteiger charge is 2.19. The predicted molar refractivity (Wildman–Crippen MR) is 108 cm³/mol. The number of benzene rings is 2. The molecule has 0 radical (unpaired) electrons. The van der Waals surface area contributed by atoms with E-state index in [9.17, 15) is 8.78 Å². The summed E-state index contributed by atoms with van der Waals surface area (Å²) >= 11 is 0. The van der Waals surface area contributed by atoms with Crippen LogP contribution in [-0.2, 0) is 9.47 Å². The van der Waals surface area contributed by atoms with Gasteiger partial charge in [-0.2, -0.15) is 5.26 Å². The fourth-order valence-electron chi connectivity index (χ4n) is 3.04. The van der Waals surface area contributed by atoms with Gasteiger partial charge < -0.3 is 14.2 Å². The molecule has 30 heavy (non-hydrogen) atoms. The fourth-order valence-corrected chi connectivity index (χ4v) is 3.04.